The van der Waals surface area contributed by atoms with Crippen molar-refractivity contribution in [2.75, 3.05) is 0 Å². The van der Waals surface area contributed by atoms with Crippen molar-refractivity contribution in [3.63, 3.8) is 0 Å². The Balaban J connectivity index is 2.16. The minimum atomic E-state index is -0.980. The lowest BCUT2D eigenvalue weighted by Gasteiger charge is -2.13. The summed E-state index contributed by atoms with van der Waals surface area (Å²) in [6, 6.07) is 6.80. The Labute approximate surface area is 121 Å². The maximum absolute atomic E-state index is 12.2. The highest BCUT2D eigenvalue weighted by Gasteiger charge is 2.21. The Morgan fingerprint density at radius 1 is 1.35 bits per heavy atom. The van der Waals surface area contributed by atoms with Gasteiger partial charge in [-0.25, -0.2) is 4.79 Å². The quantitative estimate of drug-likeness (QED) is 0.858. The predicted molar refractivity (Wildman–Crippen MR) is 80.2 cm³/mol. The molecule has 0 bridgehead atoms. The fraction of sp³-hybridized carbons (Fsp3) is 0.333. The molecule has 0 aliphatic rings. The number of aliphatic carboxylic acids is 1. The van der Waals surface area contributed by atoms with E-state index in [4.69, 9.17) is 5.11 Å². The highest BCUT2D eigenvalue weighted by atomic mass is 32.1. The first kappa shape index (κ1) is 14.5. The normalized spacial score (nSPS) is 12.2. The molecule has 1 aromatic heterocycles. The standard InChI is InChI=1S/C15H17NO3S/c1-2-3-7-12(15(18)19)16-14(17)11-9-20-13-8-5-4-6-10(11)13/h4-6,8-9,12H,2-3,7H2,1H3,(H,16,17)(H,18,19)/t12-/m0/s1. The van der Waals surface area contributed by atoms with E-state index in [1.807, 2.05) is 31.2 Å². The minimum absolute atomic E-state index is 0.314. The van der Waals surface area contributed by atoms with E-state index < -0.39 is 12.0 Å². The van der Waals surface area contributed by atoms with Gasteiger partial charge in [0.1, 0.15) is 6.04 Å². The van der Waals surface area contributed by atoms with Crippen molar-refractivity contribution < 1.29 is 14.7 Å². The molecule has 5 heteroatoms. The van der Waals surface area contributed by atoms with Gasteiger partial charge in [-0.2, -0.15) is 0 Å². The van der Waals surface area contributed by atoms with Crippen LogP contribution < -0.4 is 5.32 Å². The molecule has 0 unspecified atom stereocenters. The molecule has 2 rings (SSSR count). The molecule has 1 amide bonds. The smallest absolute Gasteiger partial charge is 0.326 e. The van der Waals surface area contributed by atoms with E-state index >= 15 is 0 Å². The van der Waals surface area contributed by atoms with Gasteiger partial charge in [0.05, 0.1) is 5.56 Å². The Bertz CT molecular complexity index is 620. The monoisotopic (exact) mass is 291 g/mol. The van der Waals surface area contributed by atoms with Crippen LogP contribution in [0.25, 0.3) is 10.1 Å². The number of benzene rings is 1. The van der Waals surface area contributed by atoms with Crippen molar-refractivity contribution in [2.45, 2.75) is 32.2 Å². The number of nitrogens with one attached hydrogen (secondary N) is 1. The summed E-state index contributed by atoms with van der Waals surface area (Å²) in [6.07, 6.45) is 2.14. The number of fused-ring (bicyclic) bond motifs is 1. The molecule has 0 fully saturated rings. The number of rotatable bonds is 6. The average Bonchev–Trinajstić information content (AvgIpc) is 2.87. The molecule has 0 aliphatic heterocycles. The molecule has 1 atom stereocenters. The van der Waals surface area contributed by atoms with Crippen LogP contribution in [0.2, 0.25) is 0 Å². The maximum Gasteiger partial charge on any atom is 0.326 e. The van der Waals surface area contributed by atoms with Gasteiger partial charge in [0.15, 0.2) is 0 Å². The van der Waals surface area contributed by atoms with Crippen molar-refractivity contribution >= 4 is 33.3 Å². The zero-order valence-electron chi connectivity index (χ0n) is 11.3. The van der Waals surface area contributed by atoms with Gasteiger partial charge in [0, 0.05) is 15.5 Å². The fourth-order valence-electron chi connectivity index (χ4n) is 2.06. The first-order valence-corrected chi connectivity index (χ1v) is 7.51. The van der Waals surface area contributed by atoms with Crippen LogP contribution in [0.5, 0.6) is 0 Å². The number of thiophene rings is 1. The molecule has 0 saturated carbocycles. The third-order valence-electron chi connectivity index (χ3n) is 3.18. The lowest BCUT2D eigenvalue weighted by atomic mass is 10.1. The van der Waals surface area contributed by atoms with Crippen LogP contribution in [0.15, 0.2) is 29.6 Å². The molecule has 1 heterocycles. The average molecular weight is 291 g/mol. The van der Waals surface area contributed by atoms with Gasteiger partial charge in [0.25, 0.3) is 5.91 Å². The number of unbranched alkanes of at least 4 members (excludes halogenated alkanes) is 1. The number of carboxylic acid groups (broad SMARTS) is 1. The number of carboxylic acids is 1. The SMILES string of the molecule is CCCC[C@H](NC(=O)c1csc2ccccc12)C(=O)O. The van der Waals surface area contributed by atoms with Gasteiger partial charge >= 0.3 is 5.97 Å². The molecule has 106 valence electrons. The number of amides is 1. The number of hydrogen-bond donors (Lipinski definition) is 2. The lowest BCUT2D eigenvalue weighted by molar-refractivity contribution is -0.139. The molecule has 0 radical (unpaired) electrons. The van der Waals surface area contributed by atoms with Crippen molar-refractivity contribution in [2.24, 2.45) is 0 Å². The highest BCUT2D eigenvalue weighted by molar-refractivity contribution is 7.17. The van der Waals surface area contributed by atoms with Crippen molar-refractivity contribution in [1.29, 1.82) is 0 Å². The van der Waals surface area contributed by atoms with E-state index in [0.717, 1.165) is 22.9 Å². The van der Waals surface area contributed by atoms with Gasteiger partial charge in [0.2, 0.25) is 0 Å². The summed E-state index contributed by atoms with van der Waals surface area (Å²) < 4.78 is 1.03. The lowest BCUT2D eigenvalue weighted by Crippen LogP contribution is -2.40. The van der Waals surface area contributed by atoms with Gasteiger partial charge in [-0.15, -0.1) is 11.3 Å². The molecule has 1 aromatic carbocycles. The van der Waals surface area contributed by atoms with Crippen LogP contribution in [0.4, 0.5) is 0 Å². The van der Waals surface area contributed by atoms with E-state index in [-0.39, 0.29) is 5.91 Å². The first-order chi connectivity index (χ1) is 9.63. The summed E-state index contributed by atoms with van der Waals surface area (Å²) in [5, 5.41) is 14.4. The fourth-order valence-corrected chi connectivity index (χ4v) is 3.00. The van der Waals surface area contributed by atoms with Crippen molar-refractivity contribution in [1.82, 2.24) is 5.32 Å². The third-order valence-corrected chi connectivity index (χ3v) is 4.14. The molecular formula is C15H17NO3S. The number of carbonyl (C=O) groups excluding carboxylic acids is 1. The van der Waals surface area contributed by atoms with Gasteiger partial charge in [-0.3, -0.25) is 4.79 Å². The molecule has 4 nitrogen and oxygen atoms in total. The van der Waals surface area contributed by atoms with E-state index in [1.54, 1.807) is 5.38 Å². The first-order valence-electron chi connectivity index (χ1n) is 6.63. The van der Waals surface area contributed by atoms with Crippen molar-refractivity contribution in [3.8, 4) is 0 Å². The Kier molecular flexibility index (Phi) is 4.74. The van der Waals surface area contributed by atoms with Crippen molar-refractivity contribution in [3.05, 3.63) is 35.2 Å². The number of hydrogen-bond acceptors (Lipinski definition) is 3. The maximum atomic E-state index is 12.2. The van der Waals surface area contributed by atoms with E-state index in [2.05, 4.69) is 5.32 Å². The summed E-state index contributed by atoms with van der Waals surface area (Å²) in [5.41, 5.74) is 0.549. The highest BCUT2D eigenvalue weighted by Crippen LogP contribution is 2.25. The molecular weight excluding hydrogens is 274 g/mol. The number of carbonyl (C=O) groups is 2. The summed E-state index contributed by atoms with van der Waals surface area (Å²) in [6.45, 7) is 1.99. The Morgan fingerprint density at radius 2 is 2.10 bits per heavy atom. The van der Waals surface area contributed by atoms with E-state index in [0.29, 0.717) is 12.0 Å². The topological polar surface area (TPSA) is 66.4 Å². The van der Waals surface area contributed by atoms with Crippen LogP contribution in [0.1, 0.15) is 36.5 Å². The molecule has 2 N–H and O–H groups in total. The van der Waals surface area contributed by atoms with Gasteiger partial charge in [-0.05, 0) is 12.5 Å². The third kappa shape index (κ3) is 3.17. The molecule has 0 saturated heterocycles. The predicted octanol–water partition coefficient (Wildman–Crippen LogP) is 3.27. The molecule has 0 spiro atoms. The van der Waals surface area contributed by atoms with Crippen LogP contribution in [-0.2, 0) is 4.79 Å². The molecule has 0 aliphatic carbocycles. The van der Waals surface area contributed by atoms with E-state index in [9.17, 15) is 9.59 Å². The van der Waals surface area contributed by atoms with Crippen LogP contribution in [-0.4, -0.2) is 23.0 Å². The minimum Gasteiger partial charge on any atom is -0.480 e. The van der Waals surface area contributed by atoms with Crippen LogP contribution >= 0.6 is 11.3 Å². The largest absolute Gasteiger partial charge is 0.480 e. The Hall–Kier alpha value is -1.88. The second kappa shape index (κ2) is 6.52. The van der Waals surface area contributed by atoms with Gasteiger partial charge in [-0.1, -0.05) is 38.0 Å². The Morgan fingerprint density at radius 3 is 2.80 bits per heavy atom. The van der Waals surface area contributed by atoms with Crippen LogP contribution in [0, 0.1) is 0 Å². The second-order valence-corrected chi connectivity index (χ2v) is 5.56. The van der Waals surface area contributed by atoms with E-state index in [1.165, 1.54) is 11.3 Å². The van der Waals surface area contributed by atoms with Gasteiger partial charge < -0.3 is 10.4 Å². The molecule has 20 heavy (non-hydrogen) atoms. The molecule has 2 aromatic rings. The van der Waals surface area contributed by atoms with Crippen LogP contribution in [0.3, 0.4) is 0 Å². The summed E-state index contributed by atoms with van der Waals surface area (Å²) in [7, 11) is 0. The zero-order chi connectivity index (χ0) is 14.5. The summed E-state index contributed by atoms with van der Waals surface area (Å²) >= 11 is 1.49. The summed E-state index contributed by atoms with van der Waals surface area (Å²) in [4.78, 5) is 23.4. The summed E-state index contributed by atoms with van der Waals surface area (Å²) in [5.74, 6) is -1.29. The zero-order valence-corrected chi connectivity index (χ0v) is 12.1. The second-order valence-electron chi connectivity index (χ2n) is 4.65.